The smallest absolute Gasteiger partial charge is 0.207 e. The molecule has 1 aliphatic carbocycles. The van der Waals surface area contributed by atoms with Gasteiger partial charge in [-0.25, -0.2) is 12.8 Å². The maximum Gasteiger partial charge on any atom is 0.243 e. The quantitative estimate of drug-likeness (QED) is 0.830. The summed E-state index contributed by atoms with van der Waals surface area (Å²) in [6.07, 6.45) is 2.66. The molecule has 122 valence electrons. The monoisotopic (exact) mass is 353 g/mol. The number of hydrogen-bond donors (Lipinski definition) is 0. The molecule has 0 saturated heterocycles. The third-order valence-corrected chi connectivity index (χ3v) is 6.50. The first-order valence-corrected chi connectivity index (χ1v) is 9.24. The highest BCUT2D eigenvalue weighted by molar-refractivity contribution is 7.89. The van der Waals surface area contributed by atoms with Crippen LogP contribution < -0.4 is 0 Å². The Kier molecular flexibility index (Phi) is 4.45. The number of rotatable bonds is 3. The van der Waals surface area contributed by atoms with E-state index in [9.17, 15) is 12.8 Å². The van der Waals surface area contributed by atoms with Gasteiger partial charge in [-0.05, 0) is 48.6 Å². The van der Waals surface area contributed by atoms with Crippen LogP contribution in [-0.4, -0.2) is 19.8 Å². The van der Waals surface area contributed by atoms with Gasteiger partial charge in [0.25, 0.3) is 0 Å². The molecule has 0 spiro atoms. The average molecular weight is 354 g/mol. The molecule has 0 amide bonds. The van der Waals surface area contributed by atoms with Gasteiger partial charge in [0.1, 0.15) is 5.82 Å². The van der Waals surface area contributed by atoms with E-state index in [1.54, 1.807) is 7.05 Å². The minimum Gasteiger partial charge on any atom is -0.207 e. The molecule has 3 rings (SSSR count). The van der Waals surface area contributed by atoms with Crippen molar-refractivity contribution in [2.24, 2.45) is 0 Å². The van der Waals surface area contributed by atoms with Crippen molar-refractivity contribution in [1.82, 2.24) is 4.31 Å². The molecule has 0 radical (unpaired) electrons. The molecule has 0 aromatic heterocycles. The van der Waals surface area contributed by atoms with Crippen molar-refractivity contribution in [3.63, 3.8) is 0 Å². The normalized spacial score (nSPS) is 18.0. The molecule has 3 nitrogen and oxygen atoms in total. The van der Waals surface area contributed by atoms with E-state index >= 15 is 0 Å². The average Bonchev–Trinajstić information content (AvgIpc) is 2.56. The van der Waals surface area contributed by atoms with E-state index in [4.69, 9.17) is 11.6 Å². The van der Waals surface area contributed by atoms with Gasteiger partial charge in [-0.1, -0.05) is 35.9 Å². The van der Waals surface area contributed by atoms with Crippen LogP contribution in [0.25, 0.3) is 0 Å². The Morgan fingerprint density at radius 1 is 1.22 bits per heavy atom. The predicted molar refractivity (Wildman–Crippen MR) is 88.5 cm³/mol. The summed E-state index contributed by atoms with van der Waals surface area (Å²) in [5.41, 5.74) is 2.22. The Morgan fingerprint density at radius 2 is 1.96 bits per heavy atom. The number of halogens is 2. The van der Waals surface area contributed by atoms with Crippen LogP contribution in [0.1, 0.15) is 30.0 Å². The first-order chi connectivity index (χ1) is 10.9. The van der Waals surface area contributed by atoms with Gasteiger partial charge in [0.15, 0.2) is 0 Å². The zero-order valence-corrected chi connectivity index (χ0v) is 14.2. The Labute approximate surface area is 140 Å². The molecule has 0 fully saturated rings. The van der Waals surface area contributed by atoms with Crippen LogP contribution in [0.5, 0.6) is 0 Å². The second kappa shape index (κ2) is 6.23. The molecule has 0 bridgehead atoms. The van der Waals surface area contributed by atoms with Crippen molar-refractivity contribution < 1.29 is 12.8 Å². The van der Waals surface area contributed by atoms with Gasteiger partial charge in [0.2, 0.25) is 10.0 Å². The minimum atomic E-state index is -3.74. The molecule has 0 heterocycles. The summed E-state index contributed by atoms with van der Waals surface area (Å²) in [5.74, 6) is -0.628. The van der Waals surface area contributed by atoms with E-state index in [0.717, 1.165) is 37.0 Å². The molecule has 0 saturated carbocycles. The van der Waals surface area contributed by atoms with Crippen LogP contribution in [-0.2, 0) is 16.4 Å². The van der Waals surface area contributed by atoms with Gasteiger partial charge in [-0.2, -0.15) is 4.31 Å². The number of sulfonamides is 1. The lowest BCUT2D eigenvalue weighted by molar-refractivity contribution is 0.337. The van der Waals surface area contributed by atoms with E-state index < -0.39 is 15.8 Å². The summed E-state index contributed by atoms with van der Waals surface area (Å²) in [4.78, 5) is 0.00875. The van der Waals surface area contributed by atoms with E-state index in [2.05, 4.69) is 0 Å². The first kappa shape index (κ1) is 16.4. The third-order valence-electron chi connectivity index (χ3n) is 4.34. The second-order valence-corrected chi connectivity index (χ2v) is 8.11. The van der Waals surface area contributed by atoms with Crippen LogP contribution >= 0.6 is 11.6 Å². The van der Waals surface area contributed by atoms with Gasteiger partial charge in [0.05, 0.1) is 9.92 Å². The Hall–Kier alpha value is -1.43. The largest absolute Gasteiger partial charge is 0.243 e. The fraction of sp³-hybridized carbons (Fsp3) is 0.294. The number of hydrogen-bond acceptors (Lipinski definition) is 2. The van der Waals surface area contributed by atoms with Gasteiger partial charge in [0, 0.05) is 13.1 Å². The highest BCUT2D eigenvalue weighted by Crippen LogP contribution is 2.36. The van der Waals surface area contributed by atoms with Crippen LogP contribution in [0.2, 0.25) is 5.02 Å². The topological polar surface area (TPSA) is 37.4 Å². The first-order valence-electron chi connectivity index (χ1n) is 7.42. The highest BCUT2D eigenvalue weighted by atomic mass is 35.5. The van der Waals surface area contributed by atoms with Gasteiger partial charge in [-0.3, -0.25) is 0 Å². The third kappa shape index (κ3) is 3.01. The zero-order valence-electron chi connectivity index (χ0n) is 12.7. The van der Waals surface area contributed by atoms with E-state index in [1.165, 1.54) is 15.9 Å². The minimum absolute atomic E-state index is 0.00875. The van der Waals surface area contributed by atoms with E-state index in [1.807, 2.05) is 24.3 Å². The fourth-order valence-electron chi connectivity index (χ4n) is 3.08. The molecular formula is C17H17ClFNO2S. The van der Waals surface area contributed by atoms with Crippen LogP contribution in [0.3, 0.4) is 0 Å². The highest BCUT2D eigenvalue weighted by Gasteiger charge is 2.32. The number of fused-ring (bicyclic) bond motifs is 1. The van der Waals surface area contributed by atoms with Crippen molar-refractivity contribution in [2.45, 2.75) is 30.2 Å². The number of aryl methyl sites for hydroxylation is 1. The lowest BCUT2D eigenvalue weighted by Crippen LogP contribution is -2.33. The Bertz CT molecular complexity index is 838. The maximum atomic E-state index is 13.3. The van der Waals surface area contributed by atoms with Crippen molar-refractivity contribution in [3.8, 4) is 0 Å². The van der Waals surface area contributed by atoms with Gasteiger partial charge >= 0.3 is 0 Å². The molecular weight excluding hydrogens is 337 g/mol. The standard InChI is InChI=1S/C17H17ClFNO2S/c1-20(17-8-4-6-12-5-2-3-7-14(12)17)23(21,22)13-9-10-16(19)15(18)11-13/h2-3,5,7,9-11,17H,4,6,8H2,1H3/t17-/m1/s1. The van der Waals surface area contributed by atoms with Crippen LogP contribution in [0, 0.1) is 5.82 Å². The molecule has 1 aliphatic rings. The van der Waals surface area contributed by atoms with Gasteiger partial charge in [-0.15, -0.1) is 0 Å². The number of nitrogens with zero attached hydrogens (tertiary/aromatic N) is 1. The second-order valence-electron chi connectivity index (χ2n) is 5.70. The molecule has 1 atom stereocenters. The van der Waals surface area contributed by atoms with Crippen molar-refractivity contribution in [2.75, 3.05) is 7.05 Å². The Balaban J connectivity index is 1.99. The van der Waals surface area contributed by atoms with Crippen molar-refractivity contribution in [3.05, 3.63) is 64.4 Å². The Morgan fingerprint density at radius 3 is 2.70 bits per heavy atom. The summed E-state index contributed by atoms with van der Waals surface area (Å²) in [5, 5.41) is -0.191. The fourth-order valence-corrected chi connectivity index (χ4v) is 4.72. The van der Waals surface area contributed by atoms with Crippen LogP contribution in [0.4, 0.5) is 4.39 Å². The lowest BCUT2D eigenvalue weighted by atomic mass is 9.88. The molecule has 6 heteroatoms. The summed E-state index contributed by atoms with van der Waals surface area (Å²) in [6.45, 7) is 0. The molecule has 0 N–H and O–H groups in total. The molecule has 2 aromatic rings. The number of benzene rings is 2. The molecule has 23 heavy (non-hydrogen) atoms. The van der Waals surface area contributed by atoms with Gasteiger partial charge < -0.3 is 0 Å². The summed E-state index contributed by atoms with van der Waals surface area (Å²) >= 11 is 5.73. The summed E-state index contributed by atoms with van der Waals surface area (Å²) < 4.78 is 40.4. The SMILES string of the molecule is CN([C@@H]1CCCc2ccccc21)S(=O)(=O)c1ccc(F)c(Cl)c1. The molecule has 0 aliphatic heterocycles. The summed E-state index contributed by atoms with van der Waals surface area (Å²) in [7, 11) is -2.17. The molecule has 2 aromatic carbocycles. The van der Waals surface area contributed by atoms with Crippen LogP contribution in [0.15, 0.2) is 47.4 Å². The van der Waals surface area contributed by atoms with E-state index in [0.29, 0.717) is 0 Å². The summed E-state index contributed by atoms with van der Waals surface area (Å²) in [6, 6.07) is 11.2. The van der Waals surface area contributed by atoms with E-state index in [-0.39, 0.29) is 16.0 Å². The lowest BCUT2D eigenvalue weighted by Gasteiger charge is -2.32. The zero-order chi connectivity index (χ0) is 16.6. The molecule has 0 unspecified atom stereocenters. The maximum absolute atomic E-state index is 13.3. The van der Waals surface area contributed by atoms with Crippen molar-refractivity contribution >= 4 is 21.6 Å². The predicted octanol–water partition coefficient (Wildman–Crippen LogP) is 4.18. The van der Waals surface area contributed by atoms with Crippen molar-refractivity contribution in [1.29, 1.82) is 0 Å².